The van der Waals surface area contributed by atoms with Crippen LogP contribution < -0.4 is 5.32 Å². The third kappa shape index (κ3) is 3.66. The van der Waals surface area contributed by atoms with Crippen molar-refractivity contribution < 1.29 is 0 Å². The third-order valence-electron chi connectivity index (χ3n) is 2.76. The Balaban J connectivity index is 2.24. The zero-order chi connectivity index (χ0) is 14.0. The molecule has 0 spiro atoms. The fourth-order valence-corrected chi connectivity index (χ4v) is 2.98. The van der Waals surface area contributed by atoms with E-state index >= 15 is 0 Å². The normalized spacial score (nSPS) is 12.3. The van der Waals surface area contributed by atoms with Crippen molar-refractivity contribution in [2.45, 2.75) is 13.0 Å². The zero-order valence-corrected chi connectivity index (χ0v) is 14.7. The minimum Gasteiger partial charge on any atom is -0.377 e. The van der Waals surface area contributed by atoms with E-state index in [9.17, 15) is 0 Å². The first-order chi connectivity index (χ1) is 8.99. The molecule has 19 heavy (non-hydrogen) atoms. The van der Waals surface area contributed by atoms with E-state index in [2.05, 4.69) is 56.2 Å². The van der Waals surface area contributed by atoms with Crippen molar-refractivity contribution in [3.63, 3.8) is 0 Å². The van der Waals surface area contributed by atoms with Crippen molar-refractivity contribution in [1.82, 2.24) is 0 Å². The standard InChI is InChI=1S/C14H11Br2Cl2N/c1-8(9-3-2-4-10(15)7-9)19-12-6-5-11(16)13(17)14(12)18/h2-8,19H,1H3. The van der Waals surface area contributed by atoms with Crippen LogP contribution in [0.2, 0.25) is 10.0 Å². The van der Waals surface area contributed by atoms with Gasteiger partial charge in [-0.15, -0.1) is 0 Å². The predicted molar refractivity (Wildman–Crippen MR) is 90.3 cm³/mol. The molecule has 0 saturated heterocycles. The SMILES string of the molecule is CC(Nc1ccc(Br)c(Cl)c1Cl)c1cccc(Br)c1. The summed E-state index contributed by atoms with van der Waals surface area (Å²) in [5, 5.41) is 4.41. The summed E-state index contributed by atoms with van der Waals surface area (Å²) < 4.78 is 1.85. The molecule has 0 aliphatic rings. The second-order valence-electron chi connectivity index (χ2n) is 4.14. The molecule has 1 atom stereocenters. The van der Waals surface area contributed by atoms with Gasteiger partial charge < -0.3 is 5.32 Å². The molecule has 0 aliphatic carbocycles. The van der Waals surface area contributed by atoms with E-state index in [1.54, 1.807) is 0 Å². The van der Waals surface area contributed by atoms with Gasteiger partial charge in [-0.05, 0) is 52.7 Å². The summed E-state index contributed by atoms with van der Waals surface area (Å²) in [4.78, 5) is 0. The van der Waals surface area contributed by atoms with Gasteiger partial charge in [0.2, 0.25) is 0 Å². The topological polar surface area (TPSA) is 12.0 Å². The van der Waals surface area contributed by atoms with E-state index in [0.717, 1.165) is 14.6 Å². The number of anilines is 1. The molecule has 1 unspecified atom stereocenters. The van der Waals surface area contributed by atoms with Crippen LogP contribution in [-0.4, -0.2) is 0 Å². The van der Waals surface area contributed by atoms with Gasteiger partial charge in [0.05, 0.1) is 15.7 Å². The molecule has 2 aromatic rings. The number of hydrogen-bond acceptors (Lipinski definition) is 1. The quantitative estimate of drug-likeness (QED) is 0.542. The zero-order valence-electron chi connectivity index (χ0n) is 10.1. The second-order valence-corrected chi connectivity index (χ2v) is 6.67. The Morgan fingerprint density at radius 2 is 1.79 bits per heavy atom. The molecule has 0 amide bonds. The lowest BCUT2D eigenvalue weighted by Crippen LogP contribution is -2.07. The molecule has 0 saturated carbocycles. The van der Waals surface area contributed by atoms with E-state index in [1.165, 1.54) is 5.56 Å². The van der Waals surface area contributed by atoms with Crippen molar-refractivity contribution in [1.29, 1.82) is 0 Å². The molecule has 0 heterocycles. The average Bonchev–Trinajstić information content (AvgIpc) is 2.39. The highest BCUT2D eigenvalue weighted by atomic mass is 79.9. The lowest BCUT2D eigenvalue weighted by Gasteiger charge is -2.18. The van der Waals surface area contributed by atoms with Crippen LogP contribution >= 0.6 is 55.1 Å². The highest BCUT2D eigenvalue weighted by Crippen LogP contribution is 2.37. The molecular weight excluding hydrogens is 413 g/mol. The van der Waals surface area contributed by atoms with Gasteiger partial charge in [0.25, 0.3) is 0 Å². The van der Waals surface area contributed by atoms with E-state index in [0.29, 0.717) is 10.0 Å². The smallest absolute Gasteiger partial charge is 0.0835 e. The van der Waals surface area contributed by atoms with Crippen LogP contribution in [-0.2, 0) is 0 Å². The van der Waals surface area contributed by atoms with Crippen LogP contribution in [0, 0.1) is 0 Å². The van der Waals surface area contributed by atoms with Crippen LogP contribution in [0.25, 0.3) is 0 Å². The lowest BCUT2D eigenvalue weighted by atomic mass is 10.1. The van der Waals surface area contributed by atoms with E-state index in [-0.39, 0.29) is 6.04 Å². The van der Waals surface area contributed by atoms with Crippen molar-refractivity contribution in [2.75, 3.05) is 5.32 Å². The number of halogens is 4. The molecule has 0 aliphatic heterocycles. The first-order valence-electron chi connectivity index (χ1n) is 5.64. The number of benzene rings is 2. The van der Waals surface area contributed by atoms with Crippen molar-refractivity contribution in [2.24, 2.45) is 0 Å². The Hall–Kier alpha value is -0.220. The predicted octanol–water partition coefficient (Wildman–Crippen LogP) is 6.69. The molecule has 2 aromatic carbocycles. The first-order valence-corrected chi connectivity index (χ1v) is 7.98. The Bertz CT molecular complexity index is 602. The lowest BCUT2D eigenvalue weighted by molar-refractivity contribution is 0.884. The Morgan fingerprint density at radius 1 is 1.05 bits per heavy atom. The minimum absolute atomic E-state index is 0.132. The summed E-state index contributed by atoms with van der Waals surface area (Å²) in [6.45, 7) is 2.08. The Kier molecular flexibility index (Phi) is 5.18. The van der Waals surface area contributed by atoms with Crippen LogP contribution in [0.3, 0.4) is 0 Å². The van der Waals surface area contributed by atoms with Crippen LogP contribution in [0.15, 0.2) is 45.3 Å². The highest BCUT2D eigenvalue weighted by Gasteiger charge is 2.11. The number of nitrogens with one attached hydrogen (secondary N) is 1. The summed E-state index contributed by atoms with van der Waals surface area (Å²) in [6, 6.07) is 12.1. The van der Waals surface area contributed by atoms with Crippen molar-refractivity contribution in [3.05, 3.63) is 61.0 Å². The molecule has 5 heteroatoms. The maximum Gasteiger partial charge on any atom is 0.0835 e. The third-order valence-corrected chi connectivity index (χ3v) is 5.02. The molecule has 100 valence electrons. The van der Waals surface area contributed by atoms with Crippen LogP contribution in [0.4, 0.5) is 5.69 Å². The van der Waals surface area contributed by atoms with Crippen LogP contribution in [0.1, 0.15) is 18.5 Å². The van der Waals surface area contributed by atoms with Gasteiger partial charge in [0.15, 0.2) is 0 Å². The maximum atomic E-state index is 6.23. The monoisotopic (exact) mass is 421 g/mol. The molecule has 1 N–H and O–H groups in total. The van der Waals surface area contributed by atoms with E-state index in [1.807, 2.05) is 24.3 Å². The average molecular weight is 424 g/mol. The summed E-state index contributed by atoms with van der Waals surface area (Å²) in [7, 11) is 0. The fourth-order valence-electron chi connectivity index (χ4n) is 1.73. The summed E-state index contributed by atoms with van der Waals surface area (Å²) >= 11 is 19.2. The van der Waals surface area contributed by atoms with Gasteiger partial charge in [-0.1, -0.05) is 51.3 Å². The van der Waals surface area contributed by atoms with Crippen molar-refractivity contribution >= 4 is 60.7 Å². The molecule has 0 radical (unpaired) electrons. The highest BCUT2D eigenvalue weighted by molar-refractivity contribution is 9.10. The van der Waals surface area contributed by atoms with Crippen molar-refractivity contribution in [3.8, 4) is 0 Å². The van der Waals surface area contributed by atoms with Gasteiger partial charge in [0.1, 0.15) is 0 Å². The largest absolute Gasteiger partial charge is 0.377 e. The molecule has 0 bridgehead atoms. The maximum absolute atomic E-state index is 6.23. The van der Waals surface area contributed by atoms with Gasteiger partial charge in [-0.2, -0.15) is 0 Å². The summed E-state index contributed by atoms with van der Waals surface area (Å²) in [6.07, 6.45) is 0. The molecule has 0 aromatic heterocycles. The molecule has 1 nitrogen and oxygen atoms in total. The summed E-state index contributed by atoms with van der Waals surface area (Å²) in [5.74, 6) is 0. The van der Waals surface area contributed by atoms with Gasteiger partial charge in [0, 0.05) is 15.0 Å². The Labute approximate surface area is 139 Å². The minimum atomic E-state index is 0.132. The number of rotatable bonds is 3. The summed E-state index contributed by atoms with van der Waals surface area (Å²) in [5.41, 5.74) is 1.99. The second kappa shape index (κ2) is 6.49. The van der Waals surface area contributed by atoms with Crippen LogP contribution in [0.5, 0.6) is 0 Å². The van der Waals surface area contributed by atoms with Gasteiger partial charge in [-0.25, -0.2) is 0 Å². The number of hydrogen-bond donors (Lipinski definition) is 1. The fraction of sp³-hybridized carbons (Fsp3) is 0.143. The van der Waals surface area contributed by atoms with Gasteiger partial charge in [-0.3, -0.25) is 0 Å². The Morgan fingerprint density at radius 3 is 2.47 bits per heavy atom. The molecular formula is C14H11Br2Cl2N. The molecule has 0 fully saturated rings. The van der Waals surface area contributed by atoms with E-state index < -0.39 is 0 Å². The van der Waals surface area contributed by atoms with Gasteiger partial charge >= 0.3 is 0 Å². The van der Waals surface area contributed by atoms with E-state index in [4.69, 9.17) is 23.2 Å². The molecule has 2 rings (SSSR count). The first kappa shape index (κ1) is 15.2.